The highest BCUT2D eigenvalue weighted by Crippen LogP contribution is 1.83. The highest BCUT2D eigenvalue weighted by atomic mass is 13.8. The van der Waals surface area contributed by atoms with Gasteiger partial charge in [0.1, 0.15) is 0 Å². The van der Waals surface area contributed by atoms with Gasteiger partial charge in [-0.3, -0.25) is 0 Å². The lowest BCUT2D eigenvalue weighted by atomic mass is 10.2. The third kappa shape index (κ3) is 6.68. The van der Waals surface area contributed by atoms with Gasteiger partial charge in [0.25, 0.3) is 0 Å². The average molecular weight is 116 g/mol. The lowest BCUT2D eigenvalue weighted by molar-refractivity contribution is 0.867. The molecule has 0 aliphatic carbocycles. The molecular formula is C9H8. The van der Waals surface area contributed by atoms with Crippen molar-refractivity contribution in [1.82, 2.24) is 0 Å². The number of hydrogen-bond donors (Lipinski definition) is 0. The van der Waals surface area contributed by atoms with Crippen LogP contribution in [-0.4, -0.2) is 0 Å². The maximum absolute atomic E-state index is 4.85. The average Bonchev–Trinajstić information content (AvgIpc) is 1.80. The third-order valence-electron chi connectivity index (χ3n) is 0.558. The molecule has 0 aliphatic rings. The molecule has 0 N–H and O–H groups in total. The van der Waals surface area contributed by atoms with Crippen LogP contribution in [0.5, 0.6) is 0 Å². The van der Waals surface area contributed by atoms with Gasteiger partial charge in [-0.1, -0.05) is 19.8 Å². The third-order valence-corrected chi connectivity index (χ3v) is 0.558. The molecule has 0 amide bonds. The first-order chi connectivity index (χ1) is 4.27. The molecule has 0 heterocycles. The fourth-order valence-corrected chi connectivity index (χ4v) is 0.248. The second-order valence-electron chi connectivity index (χ2n) is 1.82. The zero-order chi connectivity index (χ0) is 7.11. The second kappa shape index (κ2) is 4.83. The maximum Gasteiger partial charge on any atom is 0.0156 e. The van der Waals surface area contributed by atoms with Crippen LogP contribution in [0.3, 0.4) is 0 Å². The molecule has 0 aromatic heterocycles. The van der Waals surface area contributed by atoms with E-state index < -0.39 is 0 Å². The molecule has 0 aromatic rings. The van der Waals surface area contributed by atoms with Gasteiger partial charge in [0, 0.05) is 5.92 Å². The Hall–Kier alpha value is -1.32. The van der Waals surface area contributed by atoms with Crippen LogP contribution in [0, 0.1) is 41.9 Å². The SMILES string of the molecule is C#CC#CC#CC(C)C. The van der Waals surface area contributed by atoms with Crippen molar-refractivity contribution in [3.8, 4) is 36.0 Å². The van der Waals surface area contributed by atoms with E-state index in [0.717, 1.165) is 0 Å². The first-order valence-electron chi connectivity index (χ1n) is 2.73. The molecular weight excluding hydrogens is 108 g/mol. The quantitative estimate of drug-likeness (QED) is 0.418. The van der Waals surface area contributed by atoms with Crippen molar-refractivity contribution in [2.45, 2.75) is 13.8 Å². The van der Waals surface area contributed by atoms with Crippen LogP contribution in [0.25, 0.3) is 0 Å². The van der Waals surface area contributed by atoms with Crippen molar-refractivity contribution in [1.29, 1.82) is 0 Å². The molecule has 44 valence electrons. The van der Waals surface area contributed by atoms with E-state index in [0.29, 0.717) is 5.92 Å². The van der Waals surface area contributed by atoms with Crippen LogP contribution >= 0.6 is 0 Å². The summed E-state index contributed by atoms with van der Waals surface area (Å²) in [6.07, 6.45) is 4.85. The van der Waals surface area contributed by atoms with E-state index >= 15 is 0 Å². The fraction of sp³-hybridized carbons (Fsp3) is 0.333. The molecule has 0 fully saturated rings. The van der Waals surface area contributed by atoms with E-state index in [4.69, 9.17) is 6.42 Å². The van der Waals surface area contributed by atoms with Crippen molar-refractivity contribution < 1.29 is 0 Å². The minimum absolute atomic E-state index is 0.372. The molecule has 0 aliphatic heterocycles. The van der Waals surface area contributed by atoms with Gasteiger partial charge >= 0.3 is 0 Å². The van der Waals surface area contributed by atoms with Gasteiger partial charge in [0.15, 0.2) is 0 Å². The minimum atomic E-state index is 0.372. The Labute approximate surface area is 56.7 Å². The van der Waals surface area contributed by atoms with Gasteiger partial charge in [-0.05, 0) is 23.7 Å². The Morgan fingerprint density at radius 2 is 1.78 bits per heavy atom. The summed E-state index contributed by atoms with van der Waals surface area (Å²) < 4.78 is 0. The van der Waals surface area contributed by atoms with Crippen molar-refractivity contribution in [3.63, 3.8) is 0 Å². The van der Waals surface area contributed by atoms with Crippen molar-refractivity contribution in [2.24, 2.45) is 5.92 Å². The molecule has 0 spiro atoms. The van der Waals surface area contributed by atoms with Crippen LogP contribution < -0.4 is 0 Å². The summed E-state index contributed by atoms with van der Waals surface area (Å²) in [5, 5.41) is 0. The molecule has 0 unspecified atom stereocenters. The van der Waals surface area contributed by atoms with Gasteiger partial charge in [0.2, 0.25) is 0 Å². The molecule has 0 saturated carbocycles. The van der Waals surface area contributed by atoms with Gasteiger partial charge < -0.3 is 0 Å². The largest absolute Gasteiger partial charge is 0.106 e. The highest BCUT2D eigenvalue weighted by Gasteiger charge is 1.77. The Kier molecular flexibility index (Phi) is 4.12. The standard InChI is InChI=1S/C9H8/c1-4-5-6-7-8-9(2)3/h1,9H,2-3H3. The molecule has 0 saturated heterocycles. The van der Waals surface area contributed by atoms with Gasteiger partial charge in [-0.25, -0.2) is 0 Å². The monoisotopic (exact) mass is 116 g/mol. The maximum atomic E-state index is 4.85. The summed E-state index contributed by atoms with van der Waals surface area (Å²) in [7, 11) is 0. The first-order valence-corrected chi connectivity index (χ1v) is 2.73. The van der Waals surface area contributed by atoms with Gasteiger partial charge in [0.05, 0.1) is 0 Å². The predicted molar refractivity (Wildman–Crippen MR) is 39.2 cm³/mol. The predicted octanol–water partition coefficient (Wildman–Crippen LogP) is 1.28. The first kappa shape index (κ1) is 7.68. The summed E-state index contributed by atoms with van der Waals surface area (Å²) in [4.78, 5) is 0. The molecule has 0 nitrogen and oxygen atoms in total. The number of hydrogen-bond acceptors (Lipinski definition) is 0. The molecule has 0 aromatic carbocycles. The Morgan fingerprint density at radius 1 is 1.11 bits per heavy atom. The van der Waals surface area contributed by atoms with Gasteiger partial charge in [-0.2, -0.15) is 0 Å². The van der Waals surface area contributed by atoms with Crippen LogP contribution in [0.4, 0.5) is 0 Å². The normalized spacial score (nSPS) is 6.00. The topological polar surface area (TPSA) is 0 Å². The van der Waals surface area contributed by atoms with Crippen LogP contribution in [0.1, 0.15) is 13.8 Å². The Bertz CT molecular complexity index is 217. The summed E-state index contributed by atoms with van der Waals surface area (Å²) in [6.45, 7) is 4.01. The van der Waals surface area contributed by atoms with Crippen molar-refractivity contribution in [3.05, 3.63) is 0 Å². The van der Waals surface area contributed by atoms with Crippen molar-refractivity contribution >= 4 is 0 Å². The van der Waals surface area contributed by atoms with Crippen LogP contribution in [0.2, 0.25) is 0 Å². The number of rotatable bonds is 0. The molecule has 9 heavy (non-hydrogen) atoms. The Morgan fingerprint density at radius 3 is 2.22 bits per heavy atom. The molecule has 0 atom stereocenters. The number of terminal acetylenes is 1. The fourth-order valence-electron chi connectivity index (χ4n) is 0.248. The summed E-state index contributed by atoms with van der Waals surface area (Å²) in [5.41, 5.74) is 0. The van der Waals surface area contributed by atoms with Crippen LogP contribution in [0.15, 0.2) is 0 Å². The summed E-state index contributed by atoms with van der Waals surface area (Å²) >= 11 is 0. The Balaban J connectivity index is 3.79. The summed E-state index contributed by atoms with van der Waals surface area (Å²) in [5.74, 6) is 13.0. The van der Waals surface area contributed by atoms with Crippen molar-refractivity contribution in [2.75, 3.05) is 0 Å². The van der Waals surface area contributed by atoms with E-state index in [1.165, 1.54) is 0 Å². The van der Waals surface area contributed by atoms with E-state index in [2.05, 4.69) is 29.6 Å². The molecule has 0 bridgehead atoms. The minimum Gasteiger partial charge on any atom is -0.106 e. The lowest BCUT2D eigenvalue weighted by Crippen LogP contribution is -1.75. The van der Waals surface area contributed by atoms with E-state index in [1.807, 2.05) is 13.8 Å². The van der Waals surface area contributed by atoms with E-state index in [9.17, 15) is 0 Å². The summed E-state index contributed by atoms with van der Waals surface area (Å²) in [6, 6.07) is 0. The van der Waals surface area contributed by atoms with Gasteiger partial charge in [-0.15, -0.1) is 6.42 Å². The van der Waals surface area contributed by atoms with E-state index in [-0.39, 0.29) is 0 Å². The second-order valence-corrected chi connectivity index (χ2v) is 1.82. The zero-order valence-electron chi connectivity index (χ0n) is 5.65. The molecule has 0 rings (SSSR count). The van der Waals surface area contributed by atoms with Crippen LogP contribution in [-0.2, 0) is 0 Å². The van der Waals surface area contributed by atoms with E-state index in [1.54, 1.807) is 0 Å². The highest BCUT2D eigenvalue weighted by molar-refractivity contribution is 5.33. The lowest BCUT2D eigenvalue weighted by Gasteiger charge is -1.81. The molecule has 0 radical (unpaired) electrons. The molecule has 0 heteroatoms. The smallest absolute Gasteiger partial charge is 0.0156 e. The zero-order valence-corrected chi connectivity index (χ0v) is 5.65.